The molecule has 0 bridgehead atoms. The molecule has 1 aromatic carbocycles. The minimum absolute atomic E-state index is 0.187. The molecule has 4 rings (SSSR count). The lowest BCUT2D eigenvalue weighted by molar-refractivity contribution is 0.250. The van der Waals surface area contributed by atoms with Crippen LogP contribution in [0.5, 0.6) is 0 Å². The molecule has 1 fully saturated rings. The van der Waals surface area contributed by atoms with Gasteiger partial charge in [0.2, 0.25) is 0 Å². The average Bonchev–Trinajstić information content (AvgIpc) is 3.18. The van der Waals surface area contributed by atoms with Crippen LogP contribution in [0.2, 0.25) is 5.02 Å². The number of halogens is 2. The Morgan fingerprint density at radius 1 is 1.19 bits per heavy atom. The Hall–Kier alpha value is -2.51. The van der Waals surface area contributed by atoms with Gasteiger partial charge in [-0.05, 0) is 50.2 Å². The number of nitrogen functional groups attached to an aromatic ring is 1. The van der Waals surface area contributed by atoms with Gasteiger partial charge in [-0.25, -0.2) is 19.3 Å². The monoisotopic (exact) mass is 386 g/mol. The van der Waals surface area contributed by atoms with Crippen LogP contribution in [0, 0.1) is 5.82 Å². The van der Waals surface area contributed by atoms with E-state index in [9.17, 15) is 4.39 Å². The molecule has 6 nitrogen and oxygen atoms in total. The number of nitrogens with zero attached hydrogens (tertiary/aromatic N) is 4. The summed E-state index contributed by atoms with van der Waals surface area (Å²) in [5, 5.41) is 4.55. The van der Waals surface area contributed by atoms with Crippen molar-refractivity contribution in [2.24, 2.45) is 0 Å². The van der Waals surface area contributed by atoms with E-state index in [1.54, 1.807) is 18.2 Å². The summed E-state index contributed by atoms with van der Waals surface area (Å²) in [5.74, 6) is 0.757. The summed E-state index contributed by atoms with van der Waals surface area (Å²) in [4.78, 5) is 15.0. The van der Waals surface area contributed by atoms with Crippen molar-refractivity contribution in [3.8, 4) is 0 Å². The zero-order valence-corrected chi connectivity index (χ0v) is 15.5. The minimum Gasteiger partial charge on any atom is -0.384 e. The summed E-state index contributed by atoms with van der Waals surface area (Å²) < 4.78 is 14.6. The van der Waals surface area contributed by atoms with E-state index in [1.807, 2.05) is 6.07 Å². The fraction of sp³-hybridized carbons (Fsp3) is 0.316. The number of fused-ring (bicyclic) bond motifs is 1. The highest BCUT2D eigenvalue weighted by Gasteiger charge is 2.27. The maximum absolute atomic E-state index is 14.6. The predicted octanol–water partition coefficient (Wildman–Crippen LogP) is 3.65. The Balaban J connectivity index is 1.65. The molecule has 3 N–H and O–H groups in total. The topological polar surface area (TPSA) is 80.0 Å². The molecule has 140 valence electrons. The normalized spacial score (nSPS) is 15.9. The first kappa shape index (κ1) is 17.9. The highest BCUT2D eigenvalue weighted by Crippen LogP contribution is 2.33. The first-order chi connectivity index (χ1) is 13.1. The first-order valence-electron chi connectivity index (χ1n) is 8.92. The van der Waals surface area contributed by atoms with Crippen molar-refractivity contribution in [1.82, 2.24) is 19.9 Å². The summed E-state index contributed by atoms with van der Waals surface area (Å²) >= 11 is 6.35. The average molecular weight is 387 g/mol. The zero-order chi connectivity index (χ0) is 18.8. The Labute approximate surface area is 161 Å². The number of aromatic nitrogens is 3. The molecule has 1 aliphatic heterocycles. The summed E-state index contributed by atoms with van der Waals surface area (Å²) in [6, 6.07) is 8.17. The summed E-state index contributed by atoms with van der Waals surface area (Å²) in [6.45, 7) is 2.30. The predicted molar refractivity (Wildman–Crippen MR) is 105 cm³/mol. The Bertz CT molecular complexity index is 940. The van der Waals surface area contributed by atoms with E-state index in [2.05, 4.69) is 25.2 Å². The number of likely N-dealkylation sites (tertiary alicyclic amines) is 1. The molecule has 1 atom stereocenters. The van der Waals surface area contributed by atoms with Gasteiger partial charge in [-0.1, -0.05) is 17.7 Å². The van der Waals surface area contributed by atoms with Crippen LogP contribution in [0.1, 0.15) is 24.4 Å². The van der Waals surface area contributed by atoms with Gasteiger partial charge in [0, 0.05) is 17.1 Å². The van der Waals surface area contributed by atoms with Gasteiger partial charge in [0.15, 0.2) is 5.65 Å². The van der Waals surface area contributed by atoms with Crippen LogP contribution in [0.15, 0.2) is 36.7 Å². The van der Waals surface area contributed by atoms with Gasteiger partial charge in [-0.2, -0.15) is 0 Å². The fourth-order valence-electron chi connectivity index (χ4n) is 3.59. The number of rotatable bonds is 5. The molecule has 1 saturated heterocycles. The van der Waals surface area contributed by atoms with Gasteiger partial charge in [0.25, 0.3) is 0 Å². The second-order valence-corrected chi connectivity index (χ2v) is 7.01. The van der Waals surface area contributed by atoms with Crippen LogP contribution in [-0.2, 0) is 0 Å². The highest BCUT2D eigenvalue weighted by molar-refractivity contribution is 6.31. The van der Waals surface area contributed by atoms with Gasteiger partial charge >= 0.3 is 0 Å². The lowest BCUT2D eigenvalue weighted by atomic mass is 10.0. The van der Waals surface area contributed by atoms with Crippen molar-refractivity contribution in [3.63, 3.8) is 0 Å². The van der Waals surface area contributed by atoms with E-state index in [4.69, 9.17) is 17.3 Å². The van der Waals surface area contributed by atoms with Crippen molar-refractivity contribution >= 4 is 34.3 Å². The van der Waals surface area contributed by atoms with Crippen molar-refractivity contribution in [2.45, 2.75) is 18.9 Å². The summed E-state index contributed by atoms with van der Waals surface area (Å²) in [7, 11) is 0. The van der Waals surface area contributed by atoms with E-state index in [0.717, 1.165) is 31.3 Å². The lowest BCUT2D eigenvalue weighted by Crippen LogP contribution is -2.32. The molecule has 2 aromatic heterocycles. The molecule has 3 heterocycles. The third-order valence-electron chi connectivity index (χ3n) is 4.90. The number of nitrogens with one attached hydrogen (secondary N) is 1. The zero-order valence-electron chi connectivity index (χ0n) is 14.7. The smallest absolute Gasteiger partial charge is 0.166 e. The molecule has 0 amide bonds. The minimum atomic E-state index is -0.289. The lowest BCUT2D eigenvalue weighted by Gasteiger charge is -2.29. The molecule has 8 heteroatoms. The molecule has 0 radical (unpaired) electrons. The van der Waals surface area contributed by atoms with Crippen molar-refractivity contribution in [1.29, 1.82) is 0 Å². The van der Waals surface area contributed by atoms with E-state index in [-0.39, 0.29) is 11.9 Å². The summed E-state index contributed by atoms with van der Waals surface area (Å²) in [5.41, 5.74) is 6.78. The molecule has 3 aromatic rings. The summed E-state index contributed by atoms with van der Waals surface area (Å²) in [6.07, 6.45) is 3.64. The molecule has 0 aliphatic carbocycles. The third kappa shape index (κ3) is 3.65. The van der Waals surface area contributed by atoms with Gasteiger partial charge < -0.3 is 11.1 Å². The highest BCUT2D eigenvalue weighted by atomic mass is 35.5. The Morgan fingerprint density at radius 3 is 2.78 bits per heavy atom. The molecule has 27 heavy (non-hydrogen) atoms. The molecular weight excluding hydrogens is 367 g/mol. The van der Waals surface area contributed by atoms with E-state index < -0.39 is 0 Å². The number of anilines is 2. The molecule has 0 spiro atoms. The maximum Gasteiger partial charge on any atom is 0.166 e. The van der Waals surface area contributed by atoms with Gasteiger partial charge in [0.1, 0.15) is 23.8 Å². The van der Waals surface area contributed by atoms with Crippen LogP contribution in [0.25, 0.3) is 11.0 Å². The molecular formula is C19H20ClFN6. The van der Waals surface area contributed by atoms with E-state index in [0.29, 0.717) is 34.4 Å². The maximum atomic E-state index is 14.6. The third-order valence-corrected chi connectivity index (χ3v) is 5.23. The second-order valence-electron chi connectivity index (χ2n) is 6.60. The Morgan fingerprint density at radius 2 is 2.00 bits per heavy atom. The standard InChI is InChI=1S/C19H20ClFN6/c20-13-4-3-5-14(21)17(13)15(27-8-1-2-9-27)10-23-18-12-6-7-16(22)26-19(12)25-11-24-18/h3-7,11,15H,1-2,8-10H2,(H3,22,23,24,25,26). The van der Waals surface area contributed by atoms with Crippen molar-refractivity contribution in [3.05, 3.63) is 53.1 Å². The Kier molecular flexibility index (Phi) is 5.05. The second kappa shape index (κ2) is 7.62. The molecule has 1 aliphatic rings. The number of benzene rings is 1. The van der Waals surface area contributed by atoms with Crippen LogP contribution >= 0.6 is 11.6 Å². The number of hydrogen-bond donors (Lipinski definition) is 2. The number of pyridine rings is 1. The van der Waals surface area contributed by atoms with E-state index in [1.165, 1.54) is 12.4 Å². The van der Waals surface area contributed by atoms with Crippen molar-refractivity contribution < 1.29 is 4.39 Å². The van der Waals surface area contributed by atoms with Gasteiger partial charge in [-0.3, -0.25) is 4.90 Å². The molecule has 1 unspecified atom stereocenters. The number of hydrogen-bond acceptors (Lipinski definition) is 6. The fourth-order valence-corrected chi connectivity index (χ4v) is 3.88. The van der Waals surface area contributed by atoms with Crippen LogP contribution in [0.4, 0.5) is 16.0 Å². The molecule has 0 saturated carbocycles. The van der Waals surface area contributed by atoms with Crippen LogP contribution in [0.3, 0.4) is 0 Å². The van der Waals surface area contributed by atoms with Gasteiger partial charge in [-0.15, -0.1) is 0 Å². The van der Waals surface area contributed by atoms with E-state index >= 15 is 0 Å². The van der Waals surface area contributed by atoms with Crippen LogP contribution in [-0.4, -0.2) is 39.5 Å². The largest absolute Gasteiger partial charge is 0.384 e. The van der Waals surface area contributed by atoms with Gasteiger partial charge in [0.05, 0.1) is 11.4 Å². The quantitative estimate of drug-likeness (QED) is 0.696. The number of nitrogens with two attached hydrogens (primary N) is 1. The SMILES string of the molecule is Nc1ccc2c(NCC(c3c(F)cccc3Cl)N3CCCC3)ncnc2n1. The van der Waals surface area contributed by atoms with Crippen molar-refractivity contribution in [2.75, 3.05) is 30.7 Å². The first-order valence-corrected chi connectivity index (χ1v) is 9.30. The van der Waals surface area contributed by atoms with Crippen LogP contribution < -0.4 is 11.1 Å².